The van der Waals surface area contributed by atoms with Gasteiger partial charge in [-0.2, -0.15) is 0 Å². The summed E-state index contributed by atoms with van der Waals surface area (Å²) in [6, 6.07) is 14.8. The van der Waals surface area contributed by atoms with E-state index in [-0.39, 0.29) is 18.5 Å². The quantitative estimate of drug-likeness (QED) is 0.330. The Bertz CT molecular complexity index is 1280. The Labute approximate surface area is 194 Å². The molecule has 1 unspecified atom stereocenters. The van der Waals surface area contributed by atoms with Gasteiger partial charge in [0.2, 0.25) is 0 Å². The number of furan rings is 1. The molecule has 8 nitrogen and oxygen atoms in total. The summed E-state index contributed by atoms with van der Waals surface area (Å²) in [4.78, 5) is 40.8. The Morgan fingerprint density at radius 1 is 1.03 bits per heavy atom. The summed E-state index contributed by atoms with van der Waals surface area (Å²) < 4.78 is 23.5. The molecule has 0 spiro atoms. The van der Waals surface area contributed by atoms with E-state index in [0.717, 1.165) is 28.6 Å². The first-order valence-electron chi connectivity index (χ1n) is 10.6. The van der Waals surface area contributed by atoms with E-state index in [0.29, 0.717) is 5.76 Å². The molecule has 34 heavy (non-hydrogen) atoms. The van der Waals surface area contributed by atoms with Gasteiger partial charge >= 0.3 is 5.97 Å². The number of rotatable bonds is 9. The number of carbonyl (C=O) groups is 3. The number of H-pyrrole nitrogens is 1. The van der Waals surface area contributed by atoms with Gasteiger partial charge in [0.1, 0.15) is 17.6 Å². The lowest BCUT2D eigenvalue weighted by Gasteiger charge is -2.17. The molecule has 9 heteroatoms. The first-order valence-corrected chi connectivity index (χ1v) is 10.6. The standard InChI is InChI=1S/C25H22FN3O5/c26-18-9-7-16(8-10-18)24(31)29-22(12-17-13-27-21-6-2-1-5-20(17)21)25(32)34-15-23(30)28-14-19-4-3-11-33-19/h1-11,13,22,27H,12,14-15H2,(H,28,30)(H,29,31). The lowest BCUT2D eigenvalue weighted by molar-refractivity contribution is -0.150. The molecule has 0 radical (unpaired) electrons. The van der Waals surface area contributed by atoms with Gasteiger partial charge in [-0.3, -0.25) is 9.59 Å². The average molecular weight is 463 g/mol. The monoisotopic (exact) mass is 463 g/mol. The maximum Gasteiger partial charge on any atom is 0.329 e. The Morgan fingerprint density at radius 3 is 2.59 bits per heavy atom. The largest absolute Gasteiger partial charge is 0.467 e. The van der Waals surface area contributed by atoms with Crippen LogP contribution in [0, 0.1) is 5.82 Å². The van der Waals surface area contributed by atoms with Crippen LogP contribution in [0.2, 0.25) is 0 Å². The molecule has 4 rings (SSSR count). The molecular weight excluding hydrogens is 441 g/mol. The van der Waals surface area contributed by atoms with E-state index < -0.39 is 36.2 Å². The van der Waals surface area contributed by atoms with Crippen LogP contribution in [0.4, 0.5) is 4.39 Å². The van der Waals surface area contributed by atoms with Crippen LogP contribution in [0.3, 0.4) is 0 Å². The van der Waals surface area contributed by atoms with Crippen molar-refractivity contribution in [2.75, 3.05) is 6.61 Å². The van der Waals surface area contributed by atoms with Gasteiger partial charge in [0, 0.05) is 29.1 Å². The van der Waals surface area contributed by atoms with Crippen LogP contribution < -0.4 is 10.6 Å². The van der Waals surface area contributed by atoms with E-state index in [2.05, 4.69) is 15.6 Å². The number of hydrogen-bond donors (Lipinski definition) is 3. The number of nitrogens with one attached hydrogen (secondary N) is 3. The van der Waals surface area contributed by atoms with Crippen LogP contribution in [0.15, 0.2) is 77.5 Å². The summed E-state index contributed by atoms with van der Waals surface area (Å²) in [6.45, 7) is -0.361. The van der Waals surface area contributed by atoms with Crippen molar-refractivity contribution in [2.45, 2.75) is 19.0 Å². The van der Waals surface area contributed by atoms with Crippen molar-refractivity contribution in [1.82, 2.24) is 15.6 Å². The predicted molar refractivity (Wildman–Crippen MR) is 121 cm³/mol. The molecule has 174 valence electrons. The second kappa shape index (κ2) is 10.5. The van der Waals surface area contributed by atoms with Crippen molar-refractivity contribution >= 4 is 28.7 Å². The second-order valence-electron chi connectivity index (χ2n) is 7.56. The fourth-order valence-corrected chi connectivity index (χ4v) is 3.44. The van der Waals surface area contributed by atoms with Crippen LogP contribution in [-0.4, -0.2) is 35.4 Å². The average Bonchev–Trinajstić information content (AvgIpc) is 3.51. The van der Waals surface area contributed by atoms with Gasteiger partial charge in [0.15, 0.2) is 6.61 Å². The molecule has 0 saturated heterocycles. The van der Waals surface area contributed by atoms with Crippen molar-refractivity contribution in [3.05, 3.63) is 95.8 Å². The molecule has 0 fully saturated rings. The molecule has 2 aromatic carbocycles. The summed E-state index contributed by atoms with van der Waals surface area (Å²) >= 11 is 0. The molecule has 4 aromatic rings. The normalized spacial score (nSPS) is 11.7. The number of ether oxygens (including phenoxy) is 1. The Balaban J connectivity index is 1.44. The van der Waals surface area contributed by atoms with Crippen molar-refractivity contribution in [2.24, 2.45) is 0 Å². The van der Waals surface area contributed by atoms with E-state index in [1.165, 1.54) is 18.4 Å². The van der Waals surface area contributed by atoms with E-state index >= 15 is 0 Å². The number of halogens is 1. The third kappa shape index (κ3) is 5.69. The highest BCUT2D eigenvalue weighted by molar-refractivity contribution is 5.97. The minimum atomic E-state index is -1.07. The smallest absolute Gasteiger partial charge is 0.329 e. The Hall–Kier alpha value is -4.40. The van der Waals surface area contributed by atoms with Crippen LogP contribution in [-0.2, 0) is 27.3 Å². The lowest BCUT2D eigenvalue weighted by Crippen LogP contribution is -2.44. The first-order chi connectivity index (χ1) is 16.5. The van der Waals surface area contributed by atoms with Crippen LogP contribution in [0.1, 0.15) is 21.7 Å². The maximum absolute atomic E-state index is 13.2. The number of fused-ring (bicyclic) bond motifs is 1. The number of carbonyl (C=O) groups excluding carboxylic acids is 3. The zero-order valence-corrected chi connectivity index (χ0v) is 18.0. The van der Waals surface area contributed by atoms with Crippen molar-refractivity contribution in [3.63, 3.8) is 0 Å². The van der Waals surface area contributed by atoms with Crippen LogP contribution >= 0.6 is 0 Å². The summed E-state index contributed by atoms with van der Waals surface area (Å²) in [7, 11) is 0. The molecule has 2 aromatic heterocycles. The molecule has 0 aliphatic heterocycles. The fourth-order valence-electron chi connectivity index (χ4n) is 3.44. The number of aromatic amines is 1. The topological polar surface area (TPSA) is 113 Å². The third-order valence-corrected chi connectivity index (χ3v) is 5.18. The summed E-state index contributed by atoms with van der Waals surface area (Å²) in [5.74, 6) is -1.77. The van der Waals surface area contributed by atoms with Crippen molar-refractivity contribution < 1.29 is 27.9 Å². The molecule has 1 atom stereocenters. The maximum atomic E-state index is 13.2. The number of para-hydroxylation sites is 1. The Kier molecular flexibility index (Phi) is 7.02. The van der Waals surface area contributed by atoms with Gasteiger partial charge in [0.25, 0.3) is 11.8 Å². The van der Waals surface area contributed by atoms with Crippen molar-refractivity contribution in [3.8, 4) is 0 Å². The van der Waals surface area contributed by atoms with Crippen LogP contribution in [0.5, 0.6) is 0 Å². The number of amides is 2. The van der Waals surface area contributed by atoms with E-state index in [1.54, 1.807) is 18.3 Å². The number of esters is 1. The fraction of sp³-hybridized carbons (Fsp3) is 0.160. The zero-order valence-electron chi connectivity index (χ0n) is 18.0. The Morgan fingerprint density at radius 2 is 1.82 bits per heavy atom. The SMILES string of the molecule is O=C(COC(=O)C(Cc1c[nH]c2ccccc12)NC(=O)c1ccc(F)cc1)NCc1ccco1. The van der Waals surface area contributed by atoms with Crippen LogP contribution in [0.25, 0.3) is 10.9 Å². The minimum Gasteiger partial charge on any atom is -0.467 e. The number of benzene rings is 2. The highest BCUT2D eigenvalue weighted by Crippen LogP contribution is 2.19. The molecule has 0 bridgehead atoms. The summed E-state index contributed by atoms with van der Waals surface area (Å²) in [5.41, 5.74) is 1.86. The molecule has 0 saturated carbocycles. The van der Waals surface area contributed by atoms with Gasteiger partial charge < -0.3 is 24.8 Å². The summed E-state index contributed by atoms with van der Waals surface area (Å²) in [5, 5.41) is 6.12. The molecule has 2 heterocycles. The van der Waals surface area contributed by atoms with E-state index in [4.69, 9.17) is 9.15 Å². The van der Waals surface area contributed by atoms with E-state index in [1.807, 2.05) is 24.3 Å². The highest BCUT2D eigenvalue weighted by atomic mass is 19.1. The highest BCUT2D eigenvalue weighted by Gasteiger charge is 2.25. The first kappa shape index (κ1) is 22.8. The van der Waals surface area contributed by atoms with Gasteiger partial charge in [-0.05, 0) is 48.0 Å². The second-order valence-corrected chi connectivity index (χ2v) is 7.56. The van der Waals surface area contributed by atoms with Crippen molar-refractivity contribution in [1.29, 1.82) is 0 Å². The summed E-state index contributed by atoms with van der Waals surface area (Å²) in [6.07, 6.45) is 3.37. The molecule has 0 aliphatic rings. The third-order valence-electron chi connectivity index (χ3n) is 5.18. The predicted octanol–water partition coefficient (Wildman–Crippen LogP) is 3.10. The van der Waals surface area contributed by atoms with E-state index in [9.17, 15) is 18.8 Å². The van der Waals surface area contributed by atoms with Gasteiger partial charge in [0.05, 0.1) is 12.8 Å². The van der Waals surface area contributed by atoms with Gasteiger partial charge in [-0.15, -0.1) is 0 Å². The number of aromatic nitrogens is 1. The lowest BCUT2D eigenvalue weighted by atomic mass is 10.0. The molecule has 2 amide bonds. The molecular formula is C25H22FN3O5. The van der Waals surface area contributed by atoms with Gasteiger partial charge in [-0.1, -0.05) is 18.2 Å². The van der Waals surface area contributed by atoms with Gasteiger partial charge in [-0.25, -0.2) is 9.18 Å². The molecule has 3 N–H and O–H groups in total. The molecule has 0 aliphatic carbocycles. The minimum absolute atomic E-state index is 0.129. The number of hydrogen-bond acceptors (Lipinski definition) is 5. The zero-order chi connectivity index (χ0) is 23.9.